The highest BCUT2D eigenvalue weighted by atomic mass is 16.5. The van der Waals surface area contributed by atoms with Gasteiger partial charge in [-0.15, -0.1) is 0 Å². The van der Waals surface area contributed by atoms with E-state index in [0.29, 0.717) is 11.4 Å². The highest BCUT2D eigenvalue weighted by Crippen LogP contribution is 2.31. The van der Waals surface area contributed by atoms with Crippen LogP contribution >= 0.6 is 0 Å². The second-order valence-corrected chi connectivity index (χ2v) is 5.45. The molecule has 0 bridgehead atoms. The lowest BCUT2D eigenvalue weighted by molar-refractivity contribution is 0.0162. The molecule has 5 heteroatoms. The van der Waals surface area contributed by atoms with E-state index in [1.54, 1.807) is 6.07 Å². The number of nitrogens with two attached hydrogens (primary N) is 1. The number of aromatic carboxylic acids is 1. The van der Waals surface area contributed by atoms with Gasteiger partial charge >= 0.3 is 5.97 Å². The molecule has 1 saturated heterocycles. The molecule has 0 aliphatic carbocycles. The average molecular weight is 264 g/mol. The molecule has 3 N–H and O–H groups in total. The van der Waals surface area contributed by atoms with E-state index >= 15 is 0 Å². The van der Waals surface area contributed by atoms with Crippen molar-refractivity contribution < 1.29 is 14.6 Å². The molecule has 1 atom stereocenters. The van der Waals surface area contributed by atoms with Crippen molar-refractivity contribution >= 4 is 11.7 Å². The van der Waals surface area contributed by atoms with Crippen LogP contribution < -0.4 is 10.5 Å². The smallest absolute Gasteiger partial charge is 0.335 e. The minimum Gasteiger partial charge on any atom is -0.484 e. The average Bonchev–Trinajstić information content (AvgIpc) is 2.31. The Kier molecular flexibility index (Phi) is 3.66. The Balaban J connectivity index is 2.16. The number of carboxylic acid groups (broad SMARTS) is 1. The highest BCUT2D eigenvalue weighted by Gasteiger charge is 2.32. The fourth-order valence-electron chi connectivity index (χ4n) is 2.58. The lowest BCUT2D eigenvalue weighted by Gasteiger charge is -2.39. The van der Waals surface area contributed by atoms with Crippen molar-refractivity contribution in [3.05, 3.63) is 23.8 Å². The predicted octanol–water partition coefficient (Wildman–Crippen LogP) is 1.83. The van der Waals surface area contributed by atoms with Gasteiger partial charge in [0, 0.05) is 6.54 Å². The number of ether oxygens (including phenoxy) is 1. The van der Waals surface area contributed by atoms with E-state index in [2.05, 4.69) is 18.9 Å². The number of likely N-dealkylation sites (tertiary alicyclic amines) is 1. The van der Waals surface area contributed by atoms with Crippen LogP contribution in [-0.2, 0) is 0 Å². The van der Waals surface area contributed by atoms with E-state index in [1.165, 1.54) is 12.1 Å². The van der Waals surface area contributed by atoms with Crippen LogP contribution in [-0.4, -0.2) is 41.7 Å². The molecule has 19 heavy (non-hydrogen) atoms. The van der Waals surface area contributed by atoms with Crippen molar-refractivity contribution in [1.29, 1.82) is 0 Å². The summed E-state index contributed by atoms with van der Waals surface area (Å²) in [7, 11) is 2.07. The lowest BCUT2D eigenvalue weighted by Crippen LogP contribution is -2.48. The van der Waals surface area contributed by atoms with Crippen LogP contribution in [0.15, 0.2) is 18.2 Å². The molecule has 5 nitrogen and oxygen atoms in total. The van der Waals surface area contributed by atoms with E-state index < -0.39 is 5.97 Å². The maximum absolute atomic E-state index is 10.9. The van der Waals surface area contributed by atoms with Gasteiger partial charge in [-0.05, 0) is 51.6 Å². The zero-order valence-electron chi connectivity index (χ0n) is 11.3. The van der Waals surface area contributed by atoms with Crippen LogP contribution in [0.5, 0.6) is 5.75 Å². The Hall–Kier alpha value is -1.75. The molecular weight excluding hydrogens is 244 g/mol. The van der Waals surface area contributed by atoms with Crippen LogP contribution in [0.3, 0.4) is 0 Å². The monoisotopic (exact) mass is 264 g/mol. The van der Waals surface area contributed by atoms with Crippen LogP contribution in [0.25, 0.3) is 0 Å². The van der Waals surface area contributed by atoms with Gasteiger partial charge in [-0.2, -0.15) is 0 Å². The molecule has 1 aliphatic heterocycles. The second kappa shape index (κ2) is 5.09. The van der Waals surface area contributed by atoms with Gasteiger partial charge in [0.1, 0.15) is 11.4 Å². The Labute approximate surface area is 113 Å². The molecule has 1 fully saturated rings. The van der Waals surface area contributed by atoms with Crippen molar-refractivity contribution in [2.45, 2.75) is 25.4 Å². The molecule has 1 heterocycles. The number of hydrogen-bond donors (Lipinski definition) is 2. The number of rotatable bonds is 3. The first-order chi connectivity index (χ1) is 8.89. The topological polar surface area (TPSA) is 75.8 Å². The quantitative estimate of drug-likeness (QED) is 0.815. The first-order valence-electron chi connectivity index (χ1n) is 6.40. The van der Waals surface area contributed by atoms with Crippen LogP contribution in [0.4, 0.5) is 5.69 Å². The van der Waals surface area contributed by atoms with Crippen LogP contribution in [0.1, 0.15) is 30.1 Å². The number of hydrogen-bond acceptors (Lipinski definition) is 4. The molecule has 1 aliphatic rings. The minimum absolute atomic E-state index is 0.177. The molecule has 1 aromatic carbocycles. The molecule has 0 amide bonds. The summed E-state index contributed by atoms with van der Waals surface area (Å²) in [6.07, 6.45) is 2.05. The van der Waals surface area contributed by atoms with E-state index in [9.17, 15) is 4.79 Å². The largest absolute Gasteiger partial charge is 0.484 e. The summed E-state index contributed by atoms with van der Waals surface area (Å²) >= 11 is 0. The fourth-order valence-corrected chi connectivity index (χ4v) is 2.58. The summed E-state index contributed by atoms with van der Waals surface area (Å²) in [5, 5.41) is 8.90. The van der Waals surface area contributed by atoms with Gasteiger partial charge < -0.3 is 20.5 Å². The first-order valence-corrected chi connectivity index (χ1v) is 6.40. The molecule has 0 spiro atoms. The van der Waals surface area contributed by atoms with Gasteiger partial charge in [-0.1, -0.05) is 0 Å². The number of nitrogen functional groups attached to an aromatic ring is 1. The molecule has 1 unspecified atom stereocenters. The normalized spacial score (nSPS) is 24.1. The van der Waals surface area contributed by atoms with Gasteiger partial charge in [-0.3, -0.25) is 0 Å². The highest BCUT2D eigenvalue weighted by molar-refractivity contribution is 5.89. The van der Waals surface area contributed by atoms with Crippen molar-refractivity contribution in [3.63, 3.8) is 0 Å². The zero-order valence-corrected chi connectivity index (χ0v) is 11.3. The Morgan fingerprint density at radius 3 is 2.84 bits per heavy atom. The third-order valence-electron chi connectivity index (χ3n) is 3.46. The first kappa shape index (κ1) is 13.7. The van der Waals surface area contributed by atoms with Gasteiger partial charge in [0.25, 0.3) is 0 Å². The molecule has 0 radical (unpaired) electrons. The lowest BCUT2D eigenvalue weighted by atomic mass is 9.95. The molecule has 2 rings (SSSR count). The Morgan fingerprint density at radius 1 is 1.53 bits per heavy atom. The number of likely N-dealkylation sites (N-methyl/N-ethyl adjacent to an activating group) is 1. The standard InChI is InChI=1S/C14H20N2O3/c1-14(6-3-7-16(2)9-14)19-12-5-4-10(13(17)18)8-11(12)15/h4-5,8H,3,6-7,9,15H2,1-2H3,(H,17,18). The maximum atomic E-state index is 10.9. The van der Waals surface area contributed by atoms with Gasteiger partial charge in [0.05, 0.1) is 11.3 Å². The predicted molar refractivity (Wildman–Crippen MR) is 73.6 cm³/mol. The van der Waals surface area contributed by atoms with Crippen molar-refractivity contribution in [2.24, 2.45) is 0 Å². The summed E-state index contributed by atoms with van der Waals surface area (Å²) in [5.74, 6) is -0.426. The van der Waals surface area contributed by atoms with Crippen molar-refractivity contribution in [1.82, 2.24) is 4.90 Å². The Morgan fingerprint density at radius 2 is 2.26 bits per heavy atom. The SMILES string of the molecule is CN1CCCC(C)(Oc2ccc(C(=O)O)cc2N)C1. The molecule has 1 aromatic rings. The molecule has 0 saturated carbocycles. The maximum Gasteiger partial charge on any atom is 0.335 e. The van der Waals surface area contributed by atoms with E-state index in [4.69, 9.17) is 15.6 Å². The third kappa shape index (κ3) is 3.17. The second-order valence-electron chi connectivity index (χ2n) is 5.45. The van der Waals surface area contributed by atoms with E-state index in [1.807, 2.05) is 0 Å². The summed E-state index contributed by atoms with van der Waals surface area (Å²) < 4.78 is 6.02. The van der Waals surface area contributed by atoms with Crippen LogP contribution in [0.2, 0.25) is 0 Å². The van der Waals surface area contributed by atoms with E-state index in [-0.39, 0.29) is 11.2 Å². The zero-order chi connectivity index (χ0) is 14.0. The summed E-state index contributed by atoms with van der Waals surface area (Å²) in [5.41, 5.74) is 6.14. The number of carbonyl (C=O) groups is 1. The third-order valence-corrected chi connectivity index (χ3v) is 3.46. The van der Waals surface area contributed by atoms with Gasteiger partial charge in [-0.25, -0.2) is 4.79 Å². The number of nitrogens with zero attached hydrogens (tertiary/aromatic N) is 1. The van der Waals surface area contributed by atoms with Gasteiger partial charge in [0.15, 0.2) is 0 Å². The summed E-state index contributed by atoms with van der Waals surface area (Å²) in [6.45, 7) is 3.98. The molecule has 104 valence electrons. The van der Waals surface area contributed by atoms with E-state index in [0.717, 1.165) is 25.9 Å². The number of anilines is 1. The summed E-state index contributed by atoms with van der Waals surface area (Å²) in [4.78, 5) is 13.1. The minimum atomic E-state index is -0.984. The molecule has 0 aromatic heterocycles. The number of piperidine rings is 1. The fraction of sp³-hybridized carbons (Fsp3) is 0.500. The number of carboxylic acids is 1. The Bertz CT molecular complexity index is 490. The summed E-state index contributed by atoms with van der Waals surface area (Å²) in [6, 6.07) is 4.59. The van der Waals surface area contributed by atoms with Crippen molar-refractivity contribution in [2.75, 3.05) is 25.9 Å². The molecular formula is C14H20N2O3. The van der Waals surface area contributed by atoms with Crippen molar-refractivity contribution in [3.8, 4) is 5.75 Å². The number of benzene rings is 1. The van der Waals surface area contributed by atoms with Gasteiger partial charge in [0.2, 0.25) is 0 Å². The van der Waals surface area contributed by atoms with Crippen LogP contribution in [0, 0.1) is 0 Å².